The predicted molar refractivity (Wildman–Crippen MR) is 96.8 cm³/mol. The highest BCUT2D eigenvalue weighted by molar-refractivity contribution is 7.18. The van der Waals surface area contributed by atoms with Crippen molar-refractivity contribution in [1.29, 1.82) is 0 Å². The molecule has 0 saturated heterocycles. The second-order valence-electron chi connectivity index (χ2n) is 5.18. The number of benzene rings is 1. The van der Waals surface area contributed by atoms with Gasteiger partial charge in [0.2, 0.25) is 5.13 Å². The Labute approximate surface area is 151 Å². The second kappa shape index (κ2) is 7.31. The fraction of sp³-hybridized carbons (Fsp3) is 0.188. The molecule has 0 atom stereocenters. The normalized spacial score (nSPS) is 10.5. The minimum atomic E-state index is -0.675. The largest absolute Gasteiger partial charge is 0.493 e. The van der Waals surface area contributed by atoms with E-state index in [1.54, 1.807) is 0 Å². The Morgan fingerprint density at radius 2 is 2.08 bits per heavy atom. The summed E-state index contributed by atoms with van der Waals surface area (Å²) in [6.45, 7) is 2.39. The molecule has 0 saturated carbocycles. The Bertz CT molecular complexity index is 1040. The van der Waals surface area contributed by atoms with Crippen LogP contribution in [0, 0.1) is 0 Å². The molecule has 1 aromatic carbocycles. The minimum Gasteiger partial charge on any atom is -0.493 e. The van der Waals surface area contributed by atoms with Gasteiger partial charge < -0.3 is 9.72 Å². The van der Waals surface area contributed by atoms with Gasteiger partial charge in [0.05, 0.1) is 12.2 Å². The van der Waals surface area contributed by atoms with E-state index in [2.05, 4.69) is 20.5 Å². The number of H-pyrrole nitrogens is 1. The number of anilines is 1. The van der Waals surface area contributed by atoms with E-state index < -0.39 is 17.2 Å². The average Bonchev–Trinajstić information content (AvgIpc) is 3.08. The molecule has 10 heteroatoms. The molecule has 0 spiro atoms. The van der Waals surface area contributed by atoms with Crippen molar-refractivity contribution in [2.75, 3.05) is 11.9 Å². The van der Waals surface area contributed by atoms with Crippen molar-refractivity contribution in [3.05, 3.63) is 56.9 Å². The van der Waals surface area contributed by atoms with Crippen LogP contribution in [0.15, 0.2) is 39.9 Å². The first-order valence-electron chi connectivity index (χ1n) is 7.67. The molecule has 3 aromatic rings. The van der Waals surface area contributed by atoms with Gasteiger partial charge >= 0.3 is 5.69 Å². The quantitative estimate of drug-likeness (QED) is 0.695. The standard InChI is InChI=1S/C16H15N5O4S/c1-3-25-11-7-5-4-6-9(11)14-19-20-15(26-14)18-13(23)10-8-12(22)21(2)16(24)17-10/h4-8H,3H2,1-2H3,(H,17,24)(H,18,20,23). The van der Waals surface area contributed by atoms with Gasteiger partial charge in [0.25, 0.3) is 11.5 Å². The van der Waals surface area contributed by atoms with Crippen LogP contribution in [0.5, 0.6) is 5.75 Å². The Morgan fingerprint density at radius 1 is 1.31 bits per heavy atom. The van der Waals surface area contributed by atoms with Gasteiger partial charge in [-0.2, -0.15) is 0 Å². The number of carbonyl (C=O) groups excluding carboxylic acids is 1. The van der Waals surface area contributed by atoms with E-state index >= 15 is 0 Å². The molecule has 0 aliphatic rings. The Kier molecular flexibility index (Phi) is 4.94. The molecule has 1 amide bonds. The number of aromatic amines is 1. The summed E-state index contributed by atoms with van der Waals surface area (Å²) in [5.41, 5.74) is -0.646. The molecule has 26 heavy (non-hydrogen) atoms. The summed E-state index contributed by atoms with van der Waals surface area (Å²) in [6.07, 6.45) is 0. The third-order valence-electron chi connectivity index (χ3n) is 3.45. The number of aromatic nitrogens is 4. The van der Waals surface area contributed by atoms with Gasteiger partial charge in [0.1, 0.15) is 11.4 Å². The molecular weight excluding hydrogens is 358 g/mol. The van der Waals surface area contributed by atoms with Crippen molar-refractivity contribution < 1.29 is 9.53 Å². The van der Waals surface area contributed by atoms with E-state index in [0.29, 0.717) is 17.4 Å². The van der Waals surface area contributed by atoms with Crippen molar-refractivity contribution in [1.82, 2.24) is 19.7 Å². The Morgan fingerprint density at radius 3 is 2.81 bits per heavy atom. The van der Waals surface area contributed by atoms with Crippen LogP contribution in [-0.2, 0) is 7.05 Å². The van der Waals surface area contributed by atoms with Gasteiger partial charge in [-0.3, -0.25) is 19.5 Å². The fourth-order valence-electron chi connectivity index (χ4n) is 2.15. The van der Waals surface area contributed by atoms with Crippen molar-refractivity contribution in [2.24, 2.45) is 7.05 Å². The summed E-state index contributed by atoms with van der Waals surface area (Å²) in [5.74, 6) is 0.0144. The first-order chi connectivity index (χ1) is 12.5. The molecule has 2 aromatic heterocycles. The Balaban J connectivity index is 1.84. The summed E-state index contributed by atoms with van der Waals surface area (Å²) in [4.78, 5) is 37.8. The molecule has 0 radical (unpaired) electrons. The molecular formula is C16H15N5O4S. The summed E-state index contributed by atoms with van der Waals surface area (Å²) >= 11 is 1.15. The molecule has 0 aliphatic heterocycles. The number of nitrogens with one attached hydrogen (secondary N) is 2. The number of para-hydroxylation sites is 1. The van der Waals surface area contributed by atoms with Crippen LogP contribution in [-0.4, -0.2) is 32.3 Å². The molecule has 2 N–H and O–H groups in total. The van der Waals surface area contributed by atoms with Crippen molar-refractivity contribution >= 4 is 22.4 Å². The van der Waals surface area contributed by atoms with Gasteiger partial charge in [-0.15, -0.1) is 10.2 Å². The van der Waals surface area contributed by atoms with Crippen LogP contribution in [0.25, 0.3) is 10.6 Å². The predicted octanol–water partition coefficient (Wildman–Crippen LogP) is 1.24. The number of rotatable bonds is 5. The van der Waals surface area contributed by atoms with Crippen molar-refractivity contribution in [3.63, 3.8) is 0 Å². The third-order valence-corrected chi connectivity index (χ3v) is 4.32. The van der Waals surface area contributed by atoms with Crippen LogP contribution in [0.4, 0.5) is 5.13 Å². The third kappa shape index (κ3) is 3.54. The van der Waals surface area contributed by atoms with Gasteiger partial charge in [0.15, 0.2) is 5.01 Å². The summed E-state index contributed by atoms with van der Waals surface area (Å²) in [7, 11) is 1.32. The first kappa shape index (κ1) is 17.5. The second-order valence-corrected chi connectivity index (χ2v) is 6.16. The van der Waals surface area contributed by atoms with Gasteiger partial charge in [0, 0.05) is 13.1 Å². The summed E-state index contributed by atoms with van der Waals surface area (Å²) < 4.78 is 6.43. The molecule has 134 valence electrons. The molecule has 0 fully saturated rings. The van der Waals surface area contributed by atoms with Crippen LogP contribution in [0.2, 0.25) is 0 Å². The average molecular weight is 373 g/mol. The molecule has 0 aliphatic carbocycles. The number of hydrogen-bond donors (Lipinski definition) is 2. The lowest BCUT2D eigenvalue weighted by molar-refractivity contribution is 0.102. The highest BCUT2D eigenvalue weighted by Gasteiger charge is 2.15. The zero-order valence-electron chi connectivity index (χ0n) is 14.0. The van der Waals surface area contributed by atoms with Crippen LogP contribution < -0.4 is 21.3 Å². The number of ether oxygens (including phenoxy) is 1. The summed E-state index contributed by atoms with van der Waals surface area (Å²) in [5, 5.41) is 11.3. The monoisotopic (exact) mass is 373 g/mol. The Hall–Kier alpha value is -3.27. The maximum atomic E-state index is 12.2. The van der Waals surface area contributed by atoms with E-state index in [1.165, 1.54) is 7.05 Å². The maximum Gasteiger partial charge on any atom is 0.328 e. The maximum absolute atomic E-state index is 12.2. The van der Waals surface area contributed by atoms with Crippen LogP contribution in [0.1, 0.15) is 17.4 Å². The lowest BCUT2D eigenvalue weighted by Crippen LogP contribution is -2.34. The van der Waals surface area contributed by atoms with Crippen LogP contribution in [0.3, 0.4) is 0 Å². The van der Waals surface area contributed by atoms with E-state index in [9.17, 15) is 14.4 Å². The lowest BCUT2D eigenvalue weighted by Gasteiger charge is -2.06. The van der Waals surface area contributed by atoms with E-state index in [-0.39, 0.29) is 10.8 Å². The SMILES string of the molecule is CCOc1ccccc1-c1nnc(NC(=O)c2cc(=O)n(C)c(=O)[nH]2)s1. The lowest BCUT2D eigenvalue weighted by atomic mass is 10.2. The number of nitrogens with zero attached hydrogens (tertiary/aromatic N) is 3. The van der Waals surface area contributed by atoms with E-state index in [0.717, 1.165) is 27.5 Å². The highest BCUT2D eigenvalue weighted by atomic mass is 32.1. The van der Waals surface area contributed by atoms with Gasteiger partial charge in [-0.1, -0.05) is 23.5 Å². The topological polar surface area (TPSA) is 119 Å². The van der Waals surface area contributed by atoms with E-state index in [4.69, 9.17) is 4.74 Å². The number of carbonyl (C=O) groups is 1. The molecule has 3 rings (SSSR count). The molecule has 9 nitrogen and oxygen atoms in total. The fourth-order valence-corrected chi connectivity index (χ4v) is 2.92. The van der Waals surface area contributed by atoms with Crippen molar-refractivity contribution in [3.8, 4) is 16.3 Å². The molecule has 0 bridgehead atoms. The smallest absolute Gasteiger partial charge is 0.328 e. The van der Waals surface area contributed by atoms with Crippen molar-refractivity contribution in [2.45, 2.75) is 6.92 Å². The number of hydrogen-bond acceptors (Lipinski definition) is 7. The molecule has 2 heterocycles. The molecule has 0 unspecified atom stereocenters. The highest BCUT2D eigenvalue weighted by Crippen LogP contribution is 2.33. The van der Waals surface area contributed by atoms with Gasteiger partial charge in [-0.05, 0) is 19.1 Å². The van der Waals surface area contributed by atoms with Gasteiger partial charge in [-0.25, -0.2) is 4.79 Å². The first-order valence-corrected chi connectivity index (χ1v) is 8.48. The minimum absolute atomic E-state index is 0.149. The zero-order chi connectivity index (χ0) is 18.7. The van der Waals surface area contributed by atoms with E-state index in [1.807, 2.05) is 31.2 Å². The number of amides is 1. The van der Waals surface area contributed by atoms with Crippen LogP contribution >= 0.6 is 11.3 Å². The zero-order valence-corrected chi connectivity index (χ0v) is 14.8. The summed E-state index contributed by atoms with van der Waals surface area (Å²) in [6, 6.07) is 8.41.